The molecule has 1 amide bonds. The molecule has 1 atom stereocenters. The van der Waals surface area contributed by atoms with Gasteiger partial charge in [0.15, 0.2) is 6.10 Å². The third-order valence-corrected chi connectivity index (χ3v) is 5.79. The second-order valence-corrected chi connectivity index (χ2v) is 8.70. The fourth-order valence-electron chi connectivity index (χ4n) is 2.93. The smallest absolute Gasteiger partial charge is 0.260 e. The monoisotopic (exact) mass is 368 g/mol. The van der Waals surface area contributed by atoms with Crippen molar-refractivity contribution in [3.8, 4) is 5.75 Å². The first-order valence-corrected chi connectivity index (χ1v) is 10.6. The topological polar surface area (TPSA) is 75.7 Å². The number of anilines is 1. The van der Waals surface area contributed by atoms with Crippen LogP contribution in [0.1, 0.15) is 45.4 Å². The van der Waals surface area contributed by atoms with E-state index in [1.54, 1.807) is 31.2 Å². The lowest BCUT2D eigenvalue weighted by molar-refractivity contribution is -0.128. The SMILES string of the molecule is C[C@H](Oc1ccc(N(C)S(C)(=O)=O)cc1)C(=O)NC1CCCCCC1. The van der Waals surface area contributed by atoms with Crippen LogP contribution in [0.25, 0.3) is 0 Å². The van der Waals surface area contributed by atoms with Crippen molar-refractivity contribution in [3.63, 3.8) is 0 Å². The summed E-state index contributed by atoms with van der Waals surface area (Å²) in [7, 11) is -1.80. The Morgan fingerprint density at radius 3 is 2.24 bits per heavy atom. The van der Waals surface area contributed by atoms with Crippen LogP contribution in [0.2, 0.25) is 0 Å². The molecule has 0 saturated heterocycles. The van der Waals surface area contributed by atoms with E-state index in [0.717, 1.165) is 31.9 Å². The highest BCUT2D eigenvalue weighted by molar-refractivity contribution is 7.92. The largest absolute Gasteiger partial charge is 0.481 e. The molecular formula is C18H28N2O4S. The zero-order chi connectivity index (χ0) is 18.4. The molecule has 0 spiro atoms. The summed E-state index contributed by atoms with van der Waals surface area (Å²) in [6, 6.07) is 6.91. The van der Waals surface area contributed by atoms with E-state index in [1.165, 1.54) is 24.2 Å². The molecule has 1 saturated carbocycles. The van der Waals surface area contributed by atoms with Gasteiger partial charge in [-0.3, -0.25) is 9.10 Å². The van der Waals surface area contributed by atoms with Crippen LogP contribution in [0.4, 0.5) is 5.69 Å². The quantitative estimate of drug-likeness (QED) is 0.783. The lowest BCUT2D eigenvalue weighted by Crippen LogP contribution is -2.42. The number of amides is 1. The van der Waals surface area contributed by atoms with Crippen LogP contribution in [0.5, 0.6) is 5.75 Å². The molecule has 0 unspecified atom stereocenters. The molecule has 1 aromatic carbocycles. The molecular weight excluding hydrogens is 340 g/mol. The molecule has 1 N–H and O–H groups in total. The van der Waals surface area contributed by atoms with Crippen LogP contribution >= 0.6 is 0 Å². The van der Waals surface area contributed by atoms with Crippen LogP contribution in [0, 0.1) is 0 Å². The van der Waals surface area contributed by atoms with Crippen LogP contribution in [0.15, 0.2) is 24.3 Å². The third kappa shape index (κ3) is 5.92. The summed E-state index contributed by atoms with van der Waals surface area (Å²) in [5.41, 5.74) is 0.547. The van der Waals surface area contributed by atoms with Gasteiger partial charge in [-0.25, -0.2) is 8.42 Å². The van der Waals surface area contributed by atoms with E-state index in [1.807, 2.05) is 0 Å². The molecule has 0 aliphatic heterocycles. The van der Waals surface area contributed by atoms with Crippen LogP contribution in [-0.4, -0.2) is 39.8 Å². The normalized spacial score (nSPS) is 17.4. The Labute approximate surface area is 150 Å². The number of nitrogens with one attached hydrogen (secondary N) is 1. The fourth-order valence-corrected chi connectivity index (χ4v) is 3.43. The van der Waals surface area contributed by atoms with E-state index in [2.05, 4.69) is 5.32 Å². The summed E-state index contributed by atoms with van der Waals surface area (Å²) >= 11 is 0. The lowest BCUT2D eigenvalue weighted by atomic mass is 10.1. The van der Waals surface area contributed by atoms with Crippen LogP contribution in [-0.2, 0) is 14.8 Å². The lowest BCUT2D eigenvalue weighted by Gasteiger charge is -2.21. The minimum absolute atomic E-state index is 0.107. The molecule has 1 fully saturated rings. The number of nitrogens with zero attached hydrogens (tertiary/aromatic N) is 1. The molecule has 1 aromatic rings. The molecule has 7 heteroatoms. The maximum absolute atomic E-state index is 12.3. The van der Waals surface area contributed by atoms with E-state index in [-0.39, 0.29) is 11.9 Å². The summed E-state index contributed by atoms with van der Waals surface area (Å²) in [6.07, 6.45) is 7.43. The summed E-state index contributed by atoms with van der Waals surface area (Å²) in [5.74, 6) is 0.429. The average Bonchev–Trinajstić information content (AvgIpc) is 2.82. The van der Waals surface area contributed by atoms with Gasteiger partial charge in [0.25, 0.3) is 5.91 Å². The molecule has 1 aliphatic rings. The van der Waals surface area contributed by atoms with Crippen molar-refractivity contribution in [3.05, 3.63) is 24.3 Å². The number of ether oxygens (including phenoxy) is 1. The van der Waals surface area contributed by atoms with Gasteiger partial charge in [0.1, 0.15) is 5.75 Å². The van der Waals surface area contributed by atoms with Crippen molar-refractivity contribution in [2.45, 2.75) is 57.6 Å². The molecule has 0 radical (unpaired) electrons. The van der Waals surface area contributed by atoms with Crippen molar-refractivity contribution in [2.24, 2.45) is 0 Å². The molecule has 25 heavy (non-hydrogen) atoms. The predicted molar refractivity (Wildman–Crippen MR) is 99.4 cm³/mol. The second-order valence-electron chi connectivity index (χ2n) is 6.68. The molecule has 0 bridgehead atoms. The Morgan fingerprint density at radius 2 is 1.72 bits per heavy atom. The number of carbonyl (C=O) groups is 1. The van der Waals surface area contributed by atoms with E-state index in [4.69, 9.17) is 4.74 Å². The van der Waals surface area contributed by atoms with Gasteiger partial charge in [0, 0.05) is 13.1 Å². The molecule has 2 rings (SSSR count). The third-order valence-electron chi connectivity index (χ3n) is 4.58. The molecule has 6 nitrogen and oxygen atoms in total. The van der Waals surface area contributed by atoms with Gasteiger partial charge in [-0.1, -0.05) is 25.7 Å². The van der Waals surface area contributed by atoms with Crippen molar-refractivity contribution in [1.29, 1.82) is 0 Å². The van der Waals surface area contributed by atoms with Gasteiger partial charge in [-0.15, -0.1) is 0 Å². The van der Waals surface area contributed by atoms with Gasteiger partial charge in [0.05, 0.1) is 11.9 Å². The number of carbonyl (C=O) groups excluding carboxylic acids is 1. The molecule has 0 heterocycles. The second kappa shape index (κ2) is 8.56. The predicted octanol–water partition coefficient (Wildman–Crippen LogP) is 2.69. The van der Waals surface area contributed by atoms with Crippen molar-refractivity contribution in [2.75, 3.05) is 17.6 Å². The molecule has 1 aliphatic carbocycles. The van der Waals surface area contributed by atoms with Crippen LogP contribution < -0.4 is 14.4 Å². The van der Waals surface area contributed by atoms with Gasteiger partial charge in [-0.05, 0) is 44.0 Å². The number of rotatable bonds is 6. The first-order chi connectivity index (χ1) is 11.8. The van der Waals surface area contributed by atoms with Gasteiger partial charge in [0.2, 0.25) is 10.0 Å². The Bertz CT molecular complexity index is 665. The number of sulfonamides is 1. The molecule has 0 aromatic heterocycles. The van der Waals surface area contributed by atoms with Crippen molar-refractivity contribution < 1.29 is 17.9 Å². The standard InChI is InChI=1S/C18H28N2O4S/c1-14(18(21)19-15-8-6-4-5-7-9-15)24-17-12-10-16(11-13-17)20(2)25(3,22)23/h10-15H,4-9H2,1-3H3,(H,19,21)/t14-/m0/s1. The van der Waals surface area contributed by atoms with Crippen molar-refractivity contribution in [1.82, 2.24) is 5.32 Å². The van der Waals surface area contributed by atoms with Gasteiger partial charge < -0.3 is 10.1 Å². The van der Waals surface area contributed by atoms with E-state index in [9.17, 15) is 13.2 Å². The Balaban J connectivity index is 1.91. The fraction of sp³-hybridized carbons (Fsp3) is 0.611. The summed E-state index contributed by atoms with van der Waals surface area (Å²) in [5, 5.41) is 3.08. The number of hydrogen-bond donors (Lipinski definition) is 1. The summed E-state index contributed by atoms with van der Waals surface area (Å²) < 4.78 is 30.0. The Hall–Kier alpha value is -1.76. The number of benzene rings is 1. The van der Waals surface area contributed by atoms with E-state index >= 15 is 0 Å². The van der Waals surface area contributed by atoms with Gasteiger partial charge in [-0.2, -0.15) is 0 Å². The van der Waals surface area contributed by atoms with E-state index in [0.29, 0.717) is 11.4 Å². The maximum atomic E-state index is 12.3. The zero-order valence-corrected chi connectivity index (χ0v) is 16.0. The minimum Gasteiger partial charge on any atom is -0.481 e. The molecule has 140 valence electrons. The Morgan fingerprint density at radius 1 is 1.16 bits per heavy atom. The van der Waals surface area contributed by atoms with Crippen LogP contribution in [0.3, 0.4) is 0 Å². The van der Waals surface area contributed by atoms with Crippen molar-refractivity contribution >= 4 is 21.6 Å². The van der Waals surface area contributed by atoms with E-state index < -0.39 is 16.1 Å². The maximum Gasteiger partial charge on any atom is 0.260 e. The highest BCUT2D eigenvalue weighted by Gasteiger charge is 2.20. The first kappa shape index (κ1) is 19.6. The Kier molecular flexibility index (Phi) is 6.70. The van der Waals surface area contributed by atoms with Gasteiger partial charge >= 0.3 is 0 Å². The zero-order valence-electron chi connectivity index (χ0n) is 15.2. The minimum atomic E-state index is -3.30. The highest BCUT2D eigenvalue weighted by atomic mass is 32.2. The summed E-state index contributed by atoms with van der Waals surface area (Å²) in [6.45, 7) is 1.72. The highest BCUT2D eigenvalue weighted by Crippen LogP contribution is 2.21. The number of hydrogen-bond acceptors (Lipinski definition) is 4. The first-order valence-electron chi connectivity index (χ1n) is 8.78. The summed E-state index contributed by atoms with van der Waals surface area (Å²) in [4.78, 5) is 12.3. The average molecular weight is 368 g/mol.